The maximum Gasteiger partial charge on any atom is 0.222 e. The van der Waals surface area contributed by atoms with Crippen LogP contribution in [0.2, 0.25) is 0 Å². The van der Waals surface area contributed by atoms with Gasteiger partial charge in [-0.1, -0.05) is 19.1 Å². The van der Waals surface area contributed by atoms with Crippen molar-refractivity contribution in [2.24, 2.45) is 4.99 Å². The first-order valence-corrected chi connectivity index (χ1v) is 10.1. The second-order valence-electron chi connectivity index (χ2n) is 6.40. The molecule has 0 radical (unpaired) electrons. The number of guanidine groups is 1. The molecule has 0 bridgehead atoms. The van der Waals surface area contributed by atoms with E-state index < -0.39 is 0 Å². The van der Waals surface area contributed by atoms with Crippen LogP contribution in [0.5, 0.6) is 5.75 Å². The average Bonchev–Trinajstić information content (AvgIpc) is 3.10. The Morgan fingerprint density at radius 2 is 2.19 bits per heavy atom. The molecule has 1 aromatic rings. The van der Waals surface area contributed by atoms with Crippen molar-refractivity contribution in [3.05, 3.63) is 28.7 Å². The lowest BCUT2D eigenvalue weighted by atomic mass is 10.3. The molecule has 1 heterocycles. The highest BCUT2D eigenvalue weighted by Crippen LogP contribution is 2.24. The lowest BCUT2D eigenvalue weighted by Gasteiger charge is -2.19. The number of benzene rings is 1. The fraction of sp³-hybridized carbons (Fsp3) is 0.579. The predicted molar refractivity (Wildman–Crippen MR) is 109 cm³/mol. The SMILES string of the molecule is CCNC(=NCC(C)Oc1ccccc1Br)NC1CCN(C(=O)CC)C1. The van der Waals surface area contributed by atoms with Crippen LogP contribution in [0, 0.1) is 0 Å². The van der Waals surface area contributed by atoms with Crippen molar-refractivity contribution in [3.8, 4) is 5.75 Å². The smallest absolute Gasteiger partial charge is 0.222 e. The Kier molecular flexibility index (Phi) is 8.22. The molecule has 1 fully saturated rings. The molecule has 1 aromatic carbocycles. The van der Waals surface area contributed by atoms with Crippen LogP contribution in [0.3, 0.4) is 0 Å². The van der Waals surface area contributed by atoms with E-state index in [4.69, 9.17) is 4.74 Å². The molecule has 1 aliphatic rings. The first-order valence-electron chi connectivity index (χ1n) is 9.27. The van der Waals surface area contributed by atoms with E-state index in [1.165, 1.54) is 0 Å². The molecule has 1 aliphatic heterocycles. The molecule has 2 unspecified atom stereocenters. The number of rotatable bonds is 7. The van der Waals surface area contributed by atoms with Gasteiger partial charge in [-0.15, -0.1) is 0 Å². The van der Waals surface area contributed by atoms with Gasteiger partial charge in [-0.05, 0) is 48.3 Å². The Bertz CT molecular complexity index is 623. The van der Waals surface area contributed by atoms with Gasteiger partial charge in [-0.2, -0.15) is 0 Å². The highest BCUT2D eigenvalue weighted by Gasteiger charge is 2.25. The van der Waals surface area contributed by atoms with Gasteiger partial charge in [-0.25, -0.2) is 4.99 Å². The third kappa shape index (κ3) is 6.20. The van der Waals surface area contributed by atoms with Gasteiger partial charge in [0.1, 0.15) is 11.9 Å². The highest BCUT2D eigenvalue weighted by atomic mass is 79.9. The van der Waals surface area contributed by atoms with Gasteiger partial charge in [0.25, 0.3) is 0 Å². The van der Waals surface area contributed by atoms with E-state index >= 15 is 0 Å². The van der Waals surface area contributed by atoms with E-state index in [1.54, 1.807) is 0 Å². The Morgan fingerprint density at radius 3 is 2.88 bits per heavy atom. The van der Waals surface area contributed by atoms with Crippen molar-refractivity contribution in [2.45, 2.75) is 45.8 Å². The van der Waals surface area contributed by atoms with Gasteiger partial charge < -0.3 is 20.3 Å². The van der Waals surface area contributed by atoms with Crippen molar-refractivity contribution in [3.63, 3.8) is 0 Å². The Hall–Kier alpha value is -1.76. The molecular weight excluding hydrogens is 396 g/mol. The fourth-order valence-electron chi connectivity index (χ4n) is 2.86. The Balaban J connectivity index is 1.88. The number of carbonyl (C=O) groups excluding carboxylic acids is 1. The zero-order chi connectivity index (χ0) is 18.9. The summed E-state index contributed by atoms with van der Waals surface area (Å²) in [5, 5.41) is 6.71. The Labute approximate surface area is 164 Å². The lowest BCUT2D eigenvalue weighted by Crippen LogP contribution is -2.45. The minimum atomic E-state index is -0.0501. The molecule has 6 nitrogen and oxygen atoms in total. The van der Waals surface area contributed by atoms with Crippen LogP contribution in [0.4, 0.5) is 0 Å². The highest BCUT2D eigenvalue weighted by molar-refractivity contribution is 9.10. The van der Waals surface area contributed by atoms with E-state index in [0.29, 0.717) is 13.0 Å². The maximum atomic E-state index is 11.8. The van der Waals surface area contributed by atoms with Gasteiger partial charge in [0.15, 0.2) is 5.96 Å². The van der Waals surface area contributed by atoms with Crippen LogP contribution >= 0.6 is 15.9 Å². The molecule has 1 saturated heterocycles. The van der Waals surface area contributed by atoms with Crippen molar-refractivity contribution in [1.82, 2.24) is 15.5 Å². The minimum Gasteiger partial charge on any atom is -0.488 e. The number of ether oxygens (including phenoxy) is 1. The molecule has 2 N–H and O–H groups in total. The van der Waals surface area contributed by atoms with Crippen molar-refractivity contribution < 1.29 is 9.53 Å². The Morgan fingerprint density at radius 1 is 1.42 bits per heavy atom. The van der Waals surface area contributed by atoms with Gasteiger partial charge in [0.05, 0.1) is 11.0 Å². The summed E-state index contributed by atoms with van der Waals surface area (Å²) >= 11 is 3.49. The zero-order valence-electron chi connectivity index (χ0n) is 15.8. The third-order valence-corrected chi connectivity index (χ3v) is 4.85. The van der Waals surface area contributed by atoms with Crippen LogP contribution in [0.15, 0.2) is 33.7 Å². The largest absolute Gasteiger partial charge is 0.488 e. The fourth-order valence-corrected chi connectivity index (χ4v) is 3.23. The molecule has 0 aliphatic carbocycles. The number of hydrogen-bond acceptors (Lipinski definition) is 3. The number of para-hydroxylation sites is 1. The van der Waals surface area contributed by atoms with Gasteiger partial charge >= 0.3 is 0 Å². The third-order valence-electron chi connectivity index (χ3n) is 4.20. The second kappa shape index (κ2) is 10.4. The predicted octanol–water partition coefficient (Wildman–Crippen LogP) is 2.78. The zero-order valence-corrected chi connectivity index (χ0v) is 17.4. The second-order valence-corrected chi connectivity index (χ2v) is 7.26. The van der Waals surface area contributed by atoms with E-state index in [0.717, 1.165) is 42.2 Å². The van der Waals surface area contributed by atoms with Crippen LogP contribution < -0.4 is 15.4 Å². The van der Waals surface area contributed by atoms with Crippen molar-refractivity contribution >= 4 is 27.8 Å². The summed E-state index contributed by atoms with van der Waals surface area (Å²) in [5.74, 6) is 1.80. The molecule has 1 amide bonds. The molecule has 0 spiro atoms. The quantitative estimate of drug-likeness (QED) is 0.521. The summed E-state index contributed by atoms with van der Waals surface area (Å²) in [5.41, 5.74) is 0. The first kappa shape index (κ1) is 20.6. The standard InChI is InChI=1S/C19H29BrN4O2/c1-4-18(25)24-11-10-15(13-24)23-19(21-5-2)22-12-14(3)26-17-9-7-6-8-16(17)20/h6-9,14-15H,4-5,10-13H2,1-3H3,(H2,21,22,23). The number of halogens is 1. The summed E-state index contributed by atoms with van der Waals surface area (Å²) in [6.45, 7) is 8.83. The van der Waals surface area contributed by atoms with Gasteiger partial charge in [0, 0.05) is 32.1 Å². The summed E-state index contributed by atoms with van der Waals surface area (Å²) in [6, 6.07) is 8.04. The molecule has 2 atom stereocenters. The van der Waals surface area contributed by atoms with Gasteiger partial charge in [-0.3, -0.25) is 4.79 Å². The number of nitrogens with zero attached hydrogens (tertiary/aromatic N) is 2. The van der Waals surface area contributed by atoms with Crippen molar-refractivity contribution in [1.29, 1.82) is 0 Å². The van der Waals surface area contributed by atoms with E-state index in [-0.39, 0.29) is 18.1 Å². The van der Waals surface area contributed by atoms with E-state index in [1.807, 2.05) is 49.9 Å². The average molecular weight is 425 g/mol. The topological polar surface area (TPSA) is 66.0 Å². The number of carbonyl (C=O) groups is 1. The van der Waals surface area contributed by atoms with Crippen molar-refractivity contribution in [2.75, 3.05) is 26.2 Å². The molecular formula is C19H29BrN4O2. The molecule has 144 valence electrons. The minimum absolute atomic E-state index is 0.0501. The summed E-state index contributed by atoms with van der Waals surface area (Å²) in [4.78, 5) is 18.4. The number of aliphatic imine (C=N–C) groups is 1. The van der Waals surface area contributed by atoms with Crippen LogP contribution in [0.25, 0.3) is 0 Å². The molecule has 7 heteroatoms. The van der Waals surface area contributed by atoms with Crippen LogP contribution in [-0.4, -0.2) is 55.1 Å². The molecule has 0 aromatic heterocycles. The van der Waals surface area contributed by atoms with Crippen LogP contribution in [0.1, 0.15) is 33.6 Å². The first-order chi connectivity index (χ1) is 12.5. The summed E-state index contributed by atoms with van der Waals surface area (Å²) in [7, 11) is 0. The molecule has 0 saturated carbocycles. The van der Waals surface area contributed by atoms with Crippen LogP contribution in [-0.2, 0) is 4.79 Å². The van der Waals surface area contributed by atoms with Gasteiger partial charge in [0.2, 0.25) is 5.91 Å². The number of nitrogens with one attached hydrogen (secondary N) is 2. The number of likely N-dealkylation sites (tertiary alicyclic amines) is 1. The number of hydrogen-bond donors (Lipinski definition) is 2. The molecule has 2 rings (SSSR count). The maximum absolute atomic E-state index is 11.8. The number of amides is 1. The molecule has 26 heavy (non-hydrogen) atoms. The van der Waals surface area contributed by atoms with E-state index in [2.05, 4.69) is 31.6 Å². The monoisotopic (exact) mass is 424 g/mol. The normalized spacial score (nSPS) is 18.5. The summed E-state index contributed by atoms with van der Waals surface area (Å²) in [6.07, 6.45) is 1.45. The van der Waals surface area contributed by atoms with E-state index in [9.17, 15) is 4.79 Å². The lowest BCUT2D eigenvalue weighted by molar-refractivity contribution is -0.129. The summed E-state index contributed by atoms with van der Waals surface area (Å²) < 4.78 is 6.88.